The van der Waals surface area contributed by atoms with Crippen LogP contribution in [0.5, 0.6) is 5.75 Å². The van der Waals surface area contributed by atoms with Gasteiger partial charge in [-0.15, -0.1) is 0 Å². The molecule has 2 fully saturated rings. The Bertz CT molecular complexity index is 1040. The summed E-state index contributed by atoms with van der Waals surface area (Å²) in [5.74, 6) is 0.853. The first-order chi connectivity index (χ1) is 16.3. The van der Waals surface area contributed by atoms with E-state index < -0.39 is 0 Å². The van der Waals surface area contributed by atoms with Crippen LogP contribution in [0.2, 0.25) is 0 Å². The third-order valence-electron chi connectivity index (χ3n) is 6.57. The fourth-order valence-corrected chi connectivity index (χ4v) is 4.64. The summed E-state index contributed by atoms with van der Waals surface area (Å²) < 4.78 is 5.34. The van der Waals surface area contributed by atoms with Gasteiger partial charge in [0.15, 0.2) is 0 Å². The van der Waals surface area contributed by atoms with Crippen molar-refractivity contribution in [1.82, 2.24) is 15.6 Å². The first kappa shape index (κ1) is 21.7. The lowest BCUT2D eigenvalue weighted by molar-refractivity contribution is 0.415. The van der Waals surface area contributed by atoms with Gasteiger partial charge in [-0.1, -0.05) is 12.1 Å². The van der Waals surface area contributed by atoms with Crippen LogP contribution < -0.4 is 25.6 Å². The number of nitrogens with one attached hydrogen (secondary N) is 3. The van der Waals surface area contributed by atoms with Gasteiger partial charge in [0.25, 0.3) is 0 Å². The number of rotatable bonds is 6. The van der Waals surface area contributed by atoms with E-state index in [0.717, 1.165) is 86.1 Å². The molecule has 0 aliphatic carbocycles. The van der Waals surface area contributed by atoms with Crippen molar-refractivity contribution in [2.75, 3.05) is 56.6 Å². The zero-order chi connectivity index (χ0) is 22.5. The van der Waals surface area contributed by atoms with Crippen LogP contribution in [-0.2, 0) is 0 Å². The monoisotopic (exact) mass is 443 g/mol. The Morgan fingerprint density at radius 3 is 2.00 bits per heavy atom. The molecule has 6 heteroatoms. The van der Waals surface area contributed by atoms with Gasteiger partial charge >= 0.3 is 0 Å². The number of hydrogen-bond donors (Lipinski definition) is 3. The van der Waals surface area contributed by atoms with Crippen LogP contribution in [0.15, 0.2) is 60.7 Å². The number of aromatic nitrogens is 1. The average Bonchev–Trinajstić information content (AvgIpc) is 2.90. The third kappa shape index (κ3) is 5.29. The van der Waals surface area contributed by atoms with Crippen LogP contribution in [0.25, 0.3) is 22.5 Å². The molecule has 2 aliphatic rings. The van der Waals surface area contributed by atoms with Gasteiger partial charge < -0.3 is 25.6 Å². The Morgan fingerprint density at radius 2 is 1.39 bits per heavy atom. The molecule has 172 valence electrons. The van der Waals surface area contributed by atoms with Crippen LogP contribution in [0.4, 0.5) is 11.4 Å². The number of piperidine rings is 1. The molecule has 1 aromatic heterocycles. The maximum Gasteiger partial charge on any atom is 0.118 e. The highest BCUT2D eigenvalue weighted by Gasteiger charge is 2.15. The molecule has 0 spiro atoms. The lowest BCUT2D eigenvalue weighted by Crippen LogP contribution is -2.43. The number of hydrogen-bond acceptors (Lipinski definition) is 6. The zero-order valence-corrected chi connectivity index (χ0v) is 19.3. The number of pyridine rings is 1. The Labute approximate surface area is 196 Å². The number of nitrogens with zero attached hydrogens (tertiary/aromatic N) is 2. The average molecular weight is 444 g/mol. The fraction of sp³-hybridized carbons (Fsp3) is 0.370. The number of methoxy groups -OCH3 is 1. The fourth-order valence-electron chi connectivity index (χ4n) is 4.64. The smallest absolute Gasteiger partial charge is 0.118 e. The molecule has 0 unspecified atom stereocenters. The minimum Gasteiger partial charge on any atom is -0.497 e. The van der Waals surface area contributed by atoms with Gasteiger partial charge in [0, 0.05) is 54.7 Å². The lowest BCUT2D eigenvalue weighted by atomic mass is 10.0. The molecule has 3 heterocycles. The quantitative estimate of drug-likeness (QED) is 0.535. The SMILES string of the molecule is COc1ccc(-c2cc(NC3CCNCC3)cc(-c3ccc(N4CCNCC4)cc3)n2)cc1. The van der Waals surface area contributed by atoms with Crippen molar-refractivity contribution < 1.29 is 4.74 Å². The predicted octanol–water partition coefficient (Wildman–Crippen LogP) is 4.00. The molecule has 0 radical (unpaired) electrons. The topological polar surface area (TPSA) is 61.5 Å². The number of ether oxygens (including phenoxy) is 1. The molecule has 3 aromatic rings. The van der Waals surface area contributed by atoms with Gasteiger partial charge in [-0.3, -0.25) is 0 Å². The van der Waals surface area contributed by atoms with Crippen molar-refractivity contribution >= 4 is 11.4 Å². The van der Waals surface area contributed by atoms with Crippen molar-refractivity contribution in [3.8, 4) is 28.3 Å². The Morgan fingerprint density at radius 1 is 0.818 bits per heavy atom. The van der Waals surface area contributed by atoms with E-state index in [1.54, 1.807) is 7.11 Å². The van der Waals surface area contributed by atoms with Crippen molar-refractivity contribution in [3.63, 3.8) is 0 Å². The first-order valence-corrected chi connectivity index (χ1v) is 12.0. The summed E-state index contributed by atoms with van der Waals surface area (Å²) in [6.07, 6.45) is 2.27. The van der Waals surface area contributed by atoms with E-state index in [9.17, 15) is 0 Å². The maximum absolute atomic E-state index is 5.34. The summed E-state index contributed by atoms with van der Waals surface area (Å²) in [7, 11) is 1.69. The summed E-state index contributed by atoms with van der Waals surface area (Å²) in [5, 5.41) is 10.6. The maximum atomic E-state index is 5.34. The van der Waals surface area contributed by atoms with Gasteiger partial charge in [0.05, 0.1) is 18.5 Å². The van der Waals surface area contributed by atoms with Gasteiger partial charge in [-0.25, -0.2) is 4.98 Å². The van der Waals surface area contributed by atoms with Crippen LogP contribution in [-0.4, -0.2) is 57.4 Å². The first-order valence-electron chi connectivity index (χ1n) is 12.0. The number of benzene rings is 2. The van der Waals surface area contributed by atoms with Crippen molar-refractivity contribution in [2.45, 2.75) is 18.9 Å². The molecule has 0 bridgehead atoms. The van der Waals surface area contributed by atoms with Crippen LogP contribution >= 0.6 is 0 Å². The molecule has 0 amide bonds. The van der Waals surface area contributed by atoms with E-state index in [1.807, 2.05) is 12.1 Å². The normalized spacial score (nSPS) is 17.1. The summed E-state index contributed by atoms with van der Waals surface area (Å²) >= 11 is 0. The molecule has 5 rings (SSSR count). The molecule has 2 aromatic carbocycles. The standard InChI is InChI=1S/C27H33N5O/c1-33-25-8-4-21(5-9-25)27-19-23(30-22-10-12-28-13-11-22)18-26(31-27)20-2-6-24(7-3-20)32-16-14-29-15-17-32/h2-9,18-19,22,28-29H,10-17H2,1H3,(H,30,31). The molecule has 6 nitrogen and oxygen atoms in total. The molecule has 0 atom stereocenters. The van der Waals surface area contributed by atoms with Crippen LogP contribution in [0.3, 0.4) is 0 Å². The minimum absolute atomic E-state index is 0.486. The van der Waals surface area contributed by atoms with Crippen LogP contribution in [0, 0.1) is 0 Å². The second-order valence-corrected chi connectivity index (χ2v) is 8.81. The van der Waals surface area contributed by atoms with Gasteiger partial charge in [-0.05, 0) is 74.5 Å². The lowest BCUT2D eigenvalue weighted by Gasteiger charge is -2.29. The minimum atomic E-state index is 0.486. The Balaban J connectivity index is 1.46. The third-order valence-corrected chi connectivity index (χ3v) is 6.57. The van der Waals surface area contributed by atoms with Gasteiger partial charge in [0.2, 0.25) is 0 Å². The highest BCUT2D eigenvalue weighted by molar-refractivity contribution is 5.73. The Kier molecular flexibility index (Phi) is 6.74. The van der Waals surface area contributed by atoms with Gasteiger partial charge in [0.1, 0.15) is 5.75 Å². The summed E-state index contributed by atoms with van der Waals surface area (Å²) in [4.78, 5) is 7.48. The largest absolute Gasteiger partial charge is 0.497 e. The van der Waals surface area contributed by atoms with E-state index in [-0.39, 0.29) is 0 Å². The predicted molar refractivity (Wildman–Crippen MR) is 136 cm³/mol. The summed E-state index contributed by atoms with van der Waals surface area (Å²) in [5.41, 5.74) is 6.59. The molecule has 0 saturated carbocycles. The van der Waals surface area contributed by atoms with Crippen LogP contribution in [0.1, 0.15) is 12.8 Å². The van der Waals surface area contributed by atoms with Crippen molar-refractivity contribution in [1.29, 1.82) is 0 Å². The molecule has 33 heavy (non-hydrogen) atoms. The molecule has 2 saturated heterocycles. The van der Waals surface area contributed by atoms with Crippen molar-refractivity contribution in [3.05, 3.63) is 60.7 Å². The molecule has 2 aliphatic heterocycles. The summed E-state index contributed by atoms with van der Waals surface area (Å²) in [6, 6.07) is 21.8. The Hall–Kier alpha value is -3.09. The van der Waals surface area contributed by atoms with E-state index in [1.165, 1.54) is 5.69 Å². The second-order valence-electron chi connectivity index (χ2n) is 8.81. The van der Waals surface area contributed by atoms with Crippen molar-refractivity contribution in [2.24, 2.45) is 0 Å². The van der Waals surface area contributed by atoms with E-state index >= 15 is 0 Å². The number of piperazine rings is 1. The highest BCUT2D eigenvalue weighted by atomic mass is 16.5. The van der Waals surface area contributed by atoms with E-state index in [2.05, 4.69) is 69.4 Å². The van der Waals surface area contributed by atoms with E-state index in [0.29, 0.717) is 6.04 Å². The summed E-state index contributed by atoms with van der Waals surface area (Å²) in [6.45, 7) is 6.31. The molecule has 3 N–H and O–H groups in total. The highest BCUT2D eigenvalue weighted by Crippen LogP contribution is 2.30. The molecular weight excluding hydrogens is 410 g/mol. The number of anilines is 2. The second kappa shape index (κ2) is 10.2. The van der Waals surface area contributed by atoms with Gasteiger partial charge in [-0.2, -0.15) is 0 Å². The van der Waals surface area contributed by atoms with E-state index in [4.69, 9.17) is 9.72 Å². The zero-order valence-electron chi connectivity index (χ0n) is 19.3. The molecular formula is C27H33N5O.